The first-order valence-electron chi connectivity index (χ1n) is 8.15. The summed E-state index contributed by atoms with van der Waals surface area (Å²) in [6.07, 6.45) is 2.05. The van der Waals surface area contributed by atoms with Gasteiger partial charge in [0.25, 0.3) is 0 Å². The van der Waals surface area contributed by atoms with Crippen LogP contribution < -0.4 is 5.32 Å². The quantitative estimate of drug-likeness (QED) is 0.437. The number of para-hydroxylation sites is 1. The van der Waals surface area contributed by atoms with Crippen molar-refractivity contribution < 1.29 is 4.84 Å². The fraction of sp³-hybridized carbons (Fsp3) is 0.150. The molecule has 4 heteroatoms. The van der Waals surface area contributed by atoms with Gasteiger partial charge in [0.05, 0.1) is 11.4 Å². The summed E-state index contributed by atoms with van der Waals surface area (Å²) in [7, 11) is 0. The van der Waals surface area contributed by atoms with Crippen LogP contribution in [0.3, 0.4) is 0 Å². The maximum Gasteiger partial charge on any atom is 0.136 e. The molecule has 0 bridgehead atoms. The molecule has 2 heterocycles. The second-order valence-corrected chi connectivity index (χ2v) is 5.72. The van der Waals surface area contributed by atoms with Crippen molar-refractivity contribution >= 4 is 5.71 Å². The van der Waals surface area contributed by atoms with Gasteiger partial charge in [-0.05, 0) is 23.8 Å². The summed E-state index contributed by atoms with van der Waals surface area (Å²) in [5.74, 6) is 0. The first kappa shape index (κ1) is 14.7. The zero-order valence-corrected chi connectivity index (χ0v) is 13.4. The fourth-order valence-electron chi connectivity index (χ4n) is 2.96. The maximum absolute atomic E-state index is 5.55. The highest BCUT2D eigenvalue weighted by atomic mass is 16.6. The predicted octanol–water partition coefficient (Wildman–Crippen LogP) is 3.35. The molecule has 0 saturated carbocycles. The van der Waals surface area contributed by atoms with Gasteiger partial charge in [0.1, 0.15) is 12.3 Å². The third-order valence-electron chi connectivity index (χ3n) is 4.11. The molecule has 24 heavy (non-hydrogen) atoms. The van der Waals surface area contributed by atoms with E-state index < -0.39 is 0 Å². The van der Waals surface area contributed by atoms with Crippen molar-refractivity contribution in [1.82, 2.24) is 9.88 Å². The Morgan fingerprint density at radius 3 is 2.67 bits per heavy atom. The number of fused-ring (bicyclic) bond motifs is 3. The van der Waals surface area contributed by atoms with Gasteiger partial charge in [0, 0.05) is 24.8 Å². The smallest absolute Gasteiger partial charge is 0.136 e. The Kier molecular flexibility index (Phi) is 4.13. The molecular formula is C20H19N3O. The van der Waals surface area contributed by atoms with E-state index in [2.05, 4.69) is 51.6 Å². The van der Waals surface area contributed by atoms with Crippen molar-refractivity contribution in [3.63, 3.8) is 0 Å². The van der Waals surface area contributed by atoms with Gasteiger partial charge in [-0.15, -0.1) is 0 Å². The summed E-state index contributed by atoms with van der Waals surface area (Å²) in [5.41, 5.74) is 5.52. The third-order valence-corrected chi connectivity index (χ3v) is 4.11. The van der Waals surface area contributed by atoms with Crippen LogP contribution in [0.5, 0.6) is 0 Å². The molecule has 2 aromatic carbocycles. The number of hydrogen-bond acceptors (Lipinski definition) is 3. The molecule has 1 aliphatic rings. The molecule has 4 rings (SSSR count). The van der Waals surface area contributed by atoms with Crippen LogP contribution in [0.15, 0.2) is 78.1 Å². The van der Waals surface area contributed by atoms with Crippen LogP contribution in [-0.4, -0.2) is 23.4 Å². The van der Waals surface area contributed by atoms with E-state index in [1.54, 1.807) is 0 Å². The minimum absolute atomic E-state index is 0.541. The highest BCUT2D eigenvalue weighted by Crippen LogP contribution is 2.28. The molecule has 0 aliphatic carbocycles. The van der Waals surface area contributed by atoms with Crippen LogP contribution in [0, 0.1) is 0 Å². The van der Waals surface area contributed by atoms with Gasteiger partial charge in [0.15, 0.2) is 0 Å². The molecule has 1 N–H and O–H groups in total. The summed E-state index contributed by atoms with van der Waals surface area (Å²) in [5, 5.41) is 7.74. The first-order chi connectivity index (χ1) is 11.9. The lowest BCUT2D eigenvalue weighted by Gasteiger charge is -2.05. The van der Waals surface area contributed by atoms with Gasteiger partial charge in [0.2, 0.25) is 0 Å². The molecule has 3 aromatic rings. The molecule has 1 aliphatic heterocycles. The van der Waals surface area contributed by atoms with Gasteiger partial charge in [-0.1, -0.05) is 53.7 Å². The maximum atomic E-state index is 5.55. The van der Waals surface area contributed by atoms with Gasteiger partial charge in [-0.2, -0.15) is 0 Å². The average Bonchev–Trinajstić information content (AvgIpc) is 3.21. The van der Waals surface area contributed by atoms with Crippen molar-refractivity contribution in [3.05, 3.63) is 89.7 Å². The normalized spacial score (nSPS) is 13.8. The second kappa shape index (κ2) is 6.72. The summed E-state index contributed by atoms with van der Waals surface area (Å²) >= 11 is 0. The lowest BCUT2D eigenvalue weighted by Crippen LogP contribution is -2.18. The Bertz CT molecular complexity index is 852. The predicted molar refractivity (Wildman–Crippen MR) is 95.5 cm³/mol. The van der Waals surface area contributed by atoms with Gasteiger partial charge >= 0.3 is 0 Å². The lowest BCUT2D eigenvalue weighted by molar-refractivity contribution is 0.146. The number of hydrogen-bond donors (Lipinski definition) is 1. The molecule has 4 nitrogen and oxygen atoms in total. The van der Waals surface area contributed by atoms with Gasteiger partial charge in [-0.25, -0.2) is 0 Å². The van der Waals surface area contributed by atoms with Crippen LogP contribution in [0.25, 0.3) is 5.69 Å². The first-order valence-corrected chi connectivity index (χ1v) is 8.15. The molecule has 120 valence electrons. The number of nitrogens with zero attached hydrogens (tertiary/aromatic N) is 2. The van der Waals surface area contributed by atoms with Gasteiger partial charge in [-0.3, -0.25) is 0 Å². The fourth-order valence-corrected chi connectivity index (χ4v) is 2.96. The van der Waals surface area contributed by atoms with Crippen LogP contribution in [-0.2, 0) is 11.4 Å². The largest absolute Gasteiger partial charge is 0.394 e. The second-order valence-electron chi connectivity index (χ2n) is 5.72. The van der Waals surface area contributed by atoms with Crippen molar-refractivity contribution in [2.45, 2.75) is 6.54 Å². The third kappa shape index (κ3) is 2.84. The van der Waals surface area contributed by atoms with Crippen molar-refractivity contribution in [1.29, 1.82) is 0 Å². The molecule has 0 atom stereocenters. The summed E-state index contributed by atoms with van der Waals surface area (Å²) in [4.78, 5) is 5.55. The Balaban J connectivity index is 1.35. The summed E-state index contributed by atoms with van der Waals surface area (Å²) in [6, 6.07) is 22.7. The number of nitrogens with one attached hydrogen (secondary N) is 1. The number of oxime groups is 1. The molecule has 0 fully saturated rings. The van der Waals surface area contributed by atoms with E-state index in [1.807, 2.05) is 36.4 Å². The topological polar surface area (TPSA) is 38.5 Å². The monoisotopic (exact) mass is 317 g/mol. The average molecular weight is 317 g/mol. The summed E-state index contributed by atoms with van der Waals surface area (Å²) < 4.78 is 2.14. The van der Waals surface area contributed by atoms with Crippen LogP contribution in [0.4, 0.5) is 0 Å². The Hall–Kier alpha value is -2.85. The Morgan fingerprint density at radius 1 is 0.917 bits per heavy atom. The van der Waals surface area contributed by atoms with E-state index in [-0.39, 0.29) is 0 Å². The van der Waals surface area contributed by atoms with E-state index in [9.17, 15) is 0 Å². The SMILES string of the molecule is c1ccc(CNCCO/N=C2\c3ccccc3-n3cccc32)cc1. The molecule has 0 unspecified atom stereocenters. The number of rotatable bonds is 6. The van der Waals surface area contributed by atoms with Crippen LogP contribution >= 0.6 is 0 Å². The summed E-state index contributed by atoms with van der Waals surface area (Å²) in [6.45, 7) is 2.14. The molecule has 0 saturated heterocycles. The van der Waals surface area contributed by atoms with E-state index in [4.69, 9.17) is 4.84 Å². The molecular weight excluding hydrogens is 298 g/mol. The standard InChI is InChI=1S/C20H19N3O/c1-2-7-16(8-3-1)15-21-12-14-24-22-20-17-9-4-5-10-18(17)23-13-6-11-19(20)23/h1-11,13,21H,12,14-15H2/b22-20+. The number of aromatic nitrogens is 1. The molecule has 1 aromatic heterocycles. The minimum atomic E-state index is 0.541. The van der Waals surface area contributed by atoms with E-state index in [0.717, 1.165) is 35.7 Å². The van der Waals surface area contributed by atoms with Gasteiger partial charge < -0.3 is 14.7 Å². The highest BCUT2D eigenvalue weighted by molar-refractivity contribution is 6.17. The lowest BCUT2D eigenvalue weighted by atomic mass is 10.1. The molecule has 0 amide bonds. The zero-order valence-electron chi connectivity index (χ0n) is 13.4. The van der Waals surface area contributed by atoms with Crippen molar-refractivity contribution in [2.24, 2.45) is 5.16 Å². The van der Waals surface area contributed by atoms with Crippen LogP contribution in [0.1, 0.15) is 16.8 Å². The molecule has 0 spiro atoms. The van der Waals surface area contributed by atoms with Crippen LogP contribution in [0.2, 0.25) is 0 Å². The van der Waals surface area contributed by atoms with Crippen molar-refractivity contribution in [3.8, 4) is 5.69 Å². The minimum Gasteiger partial charge on any atom is -0.394 e. The van der Waals surface area contributed by atoms with E-state index in [1.165, 1.54) is 5.56 Å². The van der Waals surface area contributed by atoms with E-state index in [0.29, 0.717) is 6.61 Å². The Labute approximate surface area is 141 Å². The Morgan fingerprint density at radius 2 is 1.75 bits per heavy atom. The highest BCUT2D eigenvalue weighted by Gasteiger charge is 2.24. The molecule has 0 radical (unpaired) electrons. The van der Waals surface area contributed by atoms with E-state index >= 15 is 0 Å². The van der Waals surface area contributed by atoms with Crippen molar-refractivity contribution in [2.75, 3.05) is 13.2 Å². The zero-order chi connectivity index (χ0) is 16.2. The number of benzene rings is 2.